The van der Waals surface area contributed by atoms with Gasteiger partial charge in [-0.25, -0.2) is 0 Å². The molecule has 0 amide bonds. The first kappa shape index (κ1) is 18.0. The minimum absolute atomic E-state index is 0.0293. The van der Waals surface area contributed by atoms with E-state index in [0.717, 1.165) is 5.56 Å². The predicted molar refractivity (Wildman–Crippen MR) is 93.5 cm³/mol. The molecular formula is C17H17N5O3S. The zero-order valence-corrected chi connectivity index (χ0v) is 14.9. The van der Waals surface area contributed by atoms with E-state index in [-0.39, 0.29) is 11.5 Å². The van der Waals surface area contributed by atoms with Crippen LogP contribution in [0.1, 0.15) is 17.8 Å². The van der Waals surface area contributed by atoms with Gasteiger partial charge in [-0.1, -0.05) is 23.8 Å². The Labute approximate surface area is 151 Å². The van der Waals surface area contributed by atoms with E-state index in [1.54, 1.807) is 30.5 Å². The van der Waals surface area contributed by atoms with Crippen LogP contribution in [-0.2, 0) is 20.7 Å². The van der Waals surface area contributed by atoms with Crippen LogP contribution in [0.3, 0.4) is 0 Å². The van der Waals surface area contributed by atoms with E-state index < -0.39 is 10.1 Å². The maximum absolute atomic E-state index is 12.1. The maximum atomic E-state index is 12.1. The number of hydrogen-bond donors (Lipinski definition) is 0. The highest BCUT2D eigenvalue weighted by atomic mass is 32.2. The van der Waals surface area contributed by atoms with Crippen molar-refractivity contribution in [1.82, 2.24) is 25.4 Å². The van der Waals surface area contributed by atoms with Crippen LogP contribution in [0.15, 0.2) is 53.6 Å². The molecule has 0 fully saturated rings. The van der Waals surface area contributed by atoms with Gasteiger partial charge in [0.25, 0.3) is 10.1 Å². The zero-order valence-electron chi connectivity index (χ0n) is 14.1. The SMILES string of the molecule is Cc1ccc(S(=O)(=O)OCCCc2nnc(-c3ccccn3)nn2)cc1. The van der Waals surface area contributed by atoms with Crippen molar-refractivity contribution >= 4 is 10.1 Å². The molecule has 3 aromatic rings. The topological polar surface area (TPSA) is 108 Å². The van der Waals surface area contributed by atoms with Gasteiger partial charge in [0.05, 0.1) is 11.5 Å². The third-order valence-electron chi connectivity index (χ3n) is 3.51. The number of hydrogen-bond acceptors (Lipinski definition) is 8. The summed E-state index contributed by atoms with van der Waals surface area (Å²) in [7, 11) is -3.75. The molecule has 0 N–H and O–H groups in total. The Morgan fingerprint density at radius 2 is 1.69 bits per heavy atom. The van der Waals surface area contributed by atoms with E-state index in [1.165, 1.54) is 12.1 Å². The number of rotatable bonds is 7. The highest BCUT2D eigenvalue weighted by Gasteiger charge is 2.14. The van der Waals surface area contributed by atoms with Crippen LogP contribution in [0.4, 0.5) is 0 Å². The van der Waals surface area contributed by atoms with Crippen LogP contribution in [0.5, 0.6) is 0 Å². The van der Waals surface area contributed by atoms with Crippen LogP contribution in [0.2, 0.25) is 0 Å². The van der Waals surface area contributed by atoms with Crippen LogP contribution in [-0.4, -0.2) is 40.4 Å². The molecule has 1 aromatic carbocycles. The van der Waals surface area contributed by atoms with Gasteiger partial charge in [-0.3, -0.25) is 9.17 Å². The van der Waals surface area contributed by atoms with Gasteiger partial charge in [-0.2, -0.15) is 8.42 Å². The van der Waals surface area contributed by atoms with Crippen molar-refractivity contribution in [1.29, 1.82) is 0 Å². The average Bonchev–Trinajstić information content (AvgIpc) is 2.67. The van der Waals surface area contributed by atoms with Gasteiger partial charge in [-0.15, -0.1) is 20.4 Å². The molecule has 0 aliphatic carbocycles. The van der Waals surface area contributed by atoms with Crippen molar-refractivity contribution in [3.05, 3.63) is 60.0 Å². The smallest absolute Gasteiger partial charge is 0.266 e. The second kappa shape index (κ2) is 8.07. The summed E-state index contributed by atoms with van der Waals surface area (Å²) in [6, 6.07) is 11.9. The highest BCUT2D eigenvalue weighted by molar-refractivity contribution is 7.86. The van der Waals surface area contributed by atoms with Gasteiger partial charge in [0.2, 0.25) is 5.82 Å². The van der Waals surface area contributed by atoms with E-state index in [4.69, 9.17) is 4.18 Å². The van der Waals surface area contributed by atoms with Crippen LogP contribution < -0.4 is 0 Å². The number of benzene rings is 1. The summed E-state index contributed by atoms with van der Waals surface area (Å²) >= 11 is 0. The fourth-order valence-corrected chi connectivity index (χ4v) is 3.06. The minimum Gasteiger partial charge on any atom is -0.266 e. The molecule has 2 heterocycles. The Morgan fingerprint density at radius 3 is 2.35 bits per heavy atom. The first-order chi connectivity index (χ1) is 12.5. The summed E-state index contributed by atoms with van der Waals surface area (Å²) in [6.45, 7) is 1.92. The normalized spacial score (nSPS) is 11.4. The van der Waals surface area contributed by atoms with E-state index in [0.29, 0.717) is 30.2 Å². The Morgan fingerprint density at radius 1 is 0.962 bits per heavy atom. The first-order valence-corrected chi connectivity index (χ1v) is 9.39. The number of aryl methyl sites for hydroxylation is 2. The summed E-state index contributed by atoms with van der Waals surface area (Å²) < 4.78 is 29.2. The molecule has 0 saturated carbocycles. The predicted octanol–water partition coefficient (Wildman–Crippen LogP) is 1.98. The monoisotopic (exact) mass is 371 g/mol. The lowest BCUT2D eigenvalue weighted by Crippen LogP contribution is -2.09. The van der Waals surface area contributed by atoms with Crippen molar-refractivity contribution in [2.24, 2.45) is 0 Å². The van der Waals surface area contributed by atoms with Crippen molar-refractivity contribution in [2.45, 2.75) is 24.7 Å². The van der Waals surface area contributed by atoms with Gasteiger partial charge >= 0.3 is 0 Å². The first-order valence-electron chi connectivity index (χ1n) is 7.98. The third-order valence-corrected chi connectivity index (χ3v) is 4.83. The molecule has 0 radical (unpaired) electrons. The summed E-state index contributed by atoms with van der Waals surface area (Å²) in [6.07, 6.45) is 2.47. The standard InChI is InChI=1S/C17H17N5O3S/c1-13-7-9-14(10-8-13)26(23,24)25-12-4-6-16-19-21-17(22-20-16)15-5-2-3-11-18-15/h2-3,5,7-11H,4,6,12H2,1H3. The molecule has 0 spiro atoms. The van der Waals surface area contributed by atoms with Crippen LogP contribution >= 0.6 is 0 Å². The Kier molecular flexibility index (Phi) is 5.59. The van der Waals surface area contributed by atoms with Crippen LogP contribution in [0.25, 0.3) is 11.5 Å². The van der Waals surface area contributed by atoms with Gasteiger partial charge in [0, 0.05) is 12.6 Å². The molecule has 8 nitrogen and oxygen atoms in total. The molecule has 2 aromatic heterocycles. The lowest BCUT2D eigenvalue weighted by molar-refractivity contribution is 0.311. The van der Waals surface area contributed by atoms with Gasteiger partial charge < -0.3 is 0 Å². The van der Waals surface area contributed by atoms with E-state index in [2.05, 4.69) is 25.4 Å². The zero-order chi connectivity index (χ0) is 18.4. The Balaban J connectivity index is 1.51. The second-order valence-corrected chi connectivity index (χ2v) is 7.16. The molecule has 9 heteroatoms. The lowest BCUT2D eigenvalue weighted by Gasteiger charge is -2.05. The summed E-state index contributed by atoms with van der Waals surface area (Å²) in [5, 5.41) is 16.0. The second-order valence-electron chi connectivity index (χ2n) is 5.55. The molecule has 134 valence electrons. The molecule has 0 aliphatic heterocycles. The van der Waals surface area contributed by atoms with Crippen molar-refractivity contribution in [3.8, 4) is 11.5 Å². The van der Waals surface area contributed by atoms with Crippen molar-refractivity contribution in [2.75, 3.05) is 6.61 Å². The van der Waals surface area contributed by atoms with Crippen molar-refractivity contribution in [3.63, 3.8) is 0 Å². The quantitative estimate of drug-likeness (QED) is 0.458. The lowest BCUT2D eigenvalue weighted by atomic mass is 10.2. The van der Waals surface area contributed by atoms with E-state index >= 15 is 0 Å². The molecule has 0 aliphatic rings. The fraction of sp³-hybridized carbons (Fsp3) is 0.235. The third kappa shape index (κ3) is 4.64. The van der Waals surface area contributed by atoms with Gasteiger partial charge in [0.1, 0.15) is 5.69 Å². The summed E-state index contributed by atoms with van der Waals surface area (Å²) in [5.74, 6) is 0.758. The van der Waals surface area contributed by atoms with E-state index in [9.17, 15) is 8.42 Å². The largest absolute Gasteiger partial charge is 0.296 e. The molecule has 0 saturated heterocycles. The van der Waals surface area contributed by atoms with Gasteiger partial charge in [0.15, 0.2) is 5.82 Å². The Bertz CT molecular complexity index is 946. The summed E-state index contributed by atoms with van der Waals surface area (Å²) in [4.78, 5) is 4.26. The summed E-state index contributed by atoms with van der Waals surface area (Å²) in [5.41, 5.74) is 1.57. The molecule has 0 unspecified atom stereocenters. The fourth-order valence-electron chi connectivity index (χ4n) is 2.12. The van der Waals surface area contributed by atoms with Crippen LogP contribution in [0, 0.1) is 6.92 Å². The van der Waals surface area contributed by atoms with E-state index in [1.807, 2.05) is 13.0 Å². The van der Waals surface area contributed by atoms with Gasteiger partial charge in [-0.05, 0) is 37.6 Å². The number of nitrogens with zero attached hydrogens (tertiary/aromatic N) is 5. The Hall–Kier alpha value is -2.78. The molecule has 26 heavy (non-hydrogen) atoms. The molecule has 0 bridgehead atoms. The number of aromatic nitrogens is 5. The number of pyridine rings is 1. The maximum Gasteiger partial charge on any atom is 0.296 e. The van der Waals surface area contributed by atoms with Crippen molar-refractivity contribution < 1.29 is 12.6 Å². The molecule has 0 atom stereocenters. The molecule has 3 rings (SSSR count). The molecular weight excluding hydrogens is 354 g/mol. The highest BCUT2D eigenvalue weighted by Crippen LogP contribution is 2.14. The minimum atomic E-state index is -3.75. The average molecular weight is 371 g/mol.